The van der Waals surface area contributed by atoms with Gasteiger partial charge in [0.25, 0.3) is 0 Å². The quantitative estimate of drug-likeness (QED) is 0.464. The first-order chi connectivity index (χ1) is 5.79. The van der Waals surface area contributed by atoms with Gasteiger partial charge in [0.1, 0.15) is 11.2 Å². The van der Waals surface area contributed by atoms with Crippen molar-refractivity contribution in [2.24, 2.45) is 0 Å². The third-order valence-corrected chi connectivity index (χ3v) is 1.53. The molecular formula is C7H4N3NaO2. The third-order valence-electron chi connectivity index (χ3n) is 1.53. The number of pyridine rings is 1. The maximum atomic E-state index is 10.5. The Balaban J connectivity index is 0.000000845. The molecule has 5 nitrogen and oxygen atoms in total. The number of nitrogens with zero attached hydrogens (tertiary/aromatic N) is 2. The molecule has 0 aliphatic rings. The average Bonchev–Trinajstić information content (AvgIpc) is 2.49. The van der Waals surface area contributed by atoms with Crippen LogP contribution in [-0.4, -0.2) is 20.9 Å². The van der Waals surface area contributed by atoms with Gasteiger partial charge in [0.15, 0.2) is 0 Å². The van der Waals surface area contributed by atoms with E-state index in [9.17, 15) is 9.90 Å². The number of aromatic amines is 1. The largest absolute Gasteiger partial charge is 1.00 e. The van der Waals surface area contributed by atoms with Crippen LogP contribution in [0.15, 0.2) is 18.6 Å². The number of hydrogen-bond donors (Lipinski definition) is 1. The first-order valence-electron chi connectivity index (χ1n) is 3.28. The van der Waals surface area contributed by atoms with Gasteiger partial charge in [-0.15, -0.1) is 0 Å². The fraction of sp³-hybridized carbons (Fsp3) is 0. The fourth-order valence-corrected chi connectivity index (χ4v) is 1.02. The molecule has 0 saturated carbocycles. The predicted molar refractivity (Wildman–Crippen MR) is 38.2 cm³/mol. The van der Waals surface area contributed by atoms with Crippen molar-refractivity contribution in [2.45, 2.75) is 0 Å². The van der Waals surface area contributed by atoms with Gasteiger partial charge in [-0.25, -0.2) is 4.98 Å². The normalized spacial score (nSPS) is 9.54. The van der Waals surface area contributed by atoms with E-state index >= 15 is 0 Å². The smallest absolute Gasteiger partial charge is 0.543 e. The number of nitrogens with one attached hydrogen (secondary N) is 1. The minimum Gasteiger partial charge on any atom is -0.543 e. The van der Waals surface area contributed by atoms with E-state index in [1.807, 2.05) is 0 Å². The van der Waals surface area contributed by atoms with Crippen LogP contribution in [0.5, 0.6) is 0 Å². The van der Waals surface area contributed by atoms with Crippen molar-refractivity contribution in [3.63, 3.8) is 0 Å². The zero-order valence-electron chi connectivity index (χ0n) is 6.94. The Hall–Kier alpha value is -0.910. The molecule has 6 heteroatoms. The van der Waals surface area contributed by atoms with Crippen LogP contribution in [0.2, 0.25) is 0 Å². The van der Waals surface area contributed by atoms with Crippen LogP contribution in [0.3, 0.4) is 0 Å². The van der Waals surface area contributed by atoms with Gasteiger partial charge in [0.05, 0.1) is 17.8 Å². The van der Waals surface area contributed by atoms with Crippen LogP contribution in [0.1, 0.15) is 10.5 Å². The average molecular weight is 185 g/mol. The van der Waals surface area contributed by atoms with Crippen molar-refractivity contribution < 1.29 is 39.5 Å². The van der Waals surface area contributed by atoms with Gasteiger partial charge in [-0.3, -0.25) is 4.98 Å². The minimum absolute atomic E-state index is 0. The molecule has 2 aromatic rings. The second-order valence-electron chi connectivity index (χ2n) is 2.25. The number of fused-ring (bicyclic) bond motifs is 1. The van der Waals surface area contributed by atoms with Crippen LogP contribution >= 0.6 is 0 Å². The Morgan fingerprint density at radius 2 is 2.23 bits per heavy atom. The number of aromatic carboxylic acids is 1. The second kappa shape index (κ2) is 3.87. The van der Waals surface area contributed by atoms with Crippen molar-refractivity contribution in [3.8, 4) is 0 Å². The standard InChI is InChI=1S/C7H5N3O2.Na/c11-7(12)6-5-4(1-2-8-6)9-3-10-5;/h1-3H,(H,9,10)(H,11,12);/q;+1/p-1. The molecule has 0 aromatic carbocycles. The van der Waals surface area contributed by atoms with Crippen molar-refractivity contribution in [2.75, 3.05) is 0 Å². The number of carboxylic acids is 1. The summed E-state index contributed by atoms with van der Waals surface area (Å²) >= 11 is 0. The number of carbonyl (C=O) groups is 1. The molecule has 0 bridgehead atoms. The van der Waals surface area contributed by atoms with Gasteiger partial charge in [0, 0.05) is 6.20 Å². The number of aromatic nitrogens is 3. The maximum absolute atomic E-state index is 10.5. The minimum atomic E-state index is -1.31. The third kappa shape index (κ3) is 1.72. The molecule has 0 spiro atoms. The van der Waals surface area contributed by atoms with E-state index in [0.717, 1.165) is 0 Å². The summed E-state index contributed by atoms with van der Waals surface area (Å²) in [4.78, 5) is 20.7. The van der Waals surface area contributed by atoms with Gasteiger partial charge >= 0.3 is 29.6 Å². The van der Waals surface area contributed by atoms with Crippen LogP contribution in [0.25, 0.3) is 11.0 Å². The maximum Gasteiger partial charge on any atom is 1.00 e. The van der Waals surface area contributed by atoms with Crippen molar-refractivity contribution in [3.05, 3.63) is 24.3 Å². The van der Waals surface area contributed by atoms with E-state index in [1.165, 1.54) is 12.5 Å². The number of rotatable bonds is 1. The fourth-order valence-electron chi connectivity index (χ4n) is 1.02. The van der Waals surface area contributed by atoms with Gasteiger partial charge in [-0.2, -0.15) is 0 Å². The molecule has 2 heterocycles. The molecule has 0 fully saturated rings. The number of carboxylic acid groups (broad SMARTS) is 1. The molecule has 0 atom stereocenters. The summed E-state index contributed by atoms with van der Waals surface area (Å²) in [6, 6.07) is 1.65. The molecule has 0 aliphatic carbocycles. The second-order valence-corrected chi connectivity index (χ2v) is 2.25. The van der Waals surface area contributed by atoms with Crippen molar-refractivity contribution in [1.29, 1.82) is 0 Å². The first-order valence-corrected chi connectivity index (χ1v) is 3.28. The Morgan fingerprint density at radius 1 is 1.46 bits per heavy atom. The summed E-state index contributed by atoms with van der Waals surface area (Å²) in [5.74, 6) is -1.31. The van der Waals surface area contributed by atoms with E-state index in [4.69, 9.17) is 0 Å². The van der Waals surface area contributed by atoms with Gasteiger partial charge in [-0.05, 0) is 6.07 Å². The monoisotopic (exact) mass is 185 g/mol. The summed E-state index contributed by atoms with van der Waals surface area (Å²) in [5, 5.41) is 10.5. The number of imidazole rings is 1. The van der Waals surface area contributed by atoms with E-state index in [-0.39, 0.29) is 35.3 Å². The Morgan fingerprint density at radius 3 is 2.92 bits per heavy atom. The summed E-state index contributed by atoms with van der Waals surface area (Å²) in [6.07, 6.45) is 2.81. The first kappa shape index (κ1) is 10.2. The molecule has 1 N–H and O–H groups in total. The van der Waals surface area contributed by atoms with Crippen molar-refractivity contribution in [1.82, 2.24) is 15.0 Å². The van der Waals surface area contributed by atoms with E-state index in [0.29, 0.717) is 11.0 Å². The molecule has 13 heavy (non-hydrogen) atoms. The molecular weight excluding hydrogens is 181 g/mol. The molecule has 0 saturated heterocycles. The zero-order chi connectivity index (χ0) is 8.55. The van der Waals surface area contributed by atoms with Gasteiger partial charge < -0.3 is 14.9 Å². The van der Waals surface area contributed by atoms with E-state index in [2.05, 4.69) is 15.0 Å². The summed E-state index contributed by atoms with van der Waals surface area (Å²) in [7, 11) is 0. The zero-order valence-corrected chi connectivity index (χ0v) is 8.94. The summed E-state index contributed by atoms with van der Waals surface area (Å²) in [5.41, 5.74) is 0.843. The number of H-pyrrole nitrogens is 1. The molecule has 2 rings (SSSR count). The number of hydrogen-bond acceptors (Lipinski definition) is 4. The molecule has 0 unspecified atom stereocenters. The van der Waals surface area contributed by atoms with Crippen LogP contribution in [-0.2, 0) is 0 Å². The summed E-state index contributed by atoms with van der Waals surface area (Å²) < 4.78 is 0. The van der Waals surface area contributed by atoms with Crippen LogP contribution < -0.4 is 34.7 Å². The molecule has 0 radical (unpaired) electrons. The van der Waals surface area contributed by atoms with Gasteiger partial charge in [0.2, 0.25) is 0 Å². The number of carbonyl (C=O) groups excluding carboxylic acids is 1. The van der Waals surface area contributed by atoms with E-state index < -0.39 is 5.97 Å². The Bertz CT molecular complexity index is 440. The predicted octanol–water partition coefficient (Wildman–Crippen LogP) is -3.67. The summed E-state index contributed by atoms with van der Waals surface area (Å²) in [6.45, 7) is 0. The van der Waals surface area contributed by atoms with Gasteiger partial charge in [-0.1, -0.05) is 0 Å². The Labute approximate surface area is 95.5 Å². The topological polar surface area (TPSA) is 81.7 Å². The molecule has 60 valence electrons. The van der Waals surface area contributed by atoms with E-state index in [1.54, 1.807) is 6.07 Å². The molecule has 2 aromatic heterocycles. The SMILES string of the molecule is O=C([O-])c1nccc2[nH]cnc12.[Na+]. The Kier molecular flexibility index (Phi) is 3.02. The van der Waals surface area contributed by atoms with Crippen LogP contribution in [0, 0.1) is 0 Å². The van der Waals surface area contributed by atoms with Crippen LogP contribution in [0.4, 0.5) is 0 Å². The molecule has 0 amide bonds. The molecule has 0 aliphatic heterocycles. The van der Waals surface area contributed by atoms with Crippen molar-refractivity contribution >= 4 is 17.0 Å².